The topological polar surface area (TPSA) is 63.8 Å². The van der Waals surface area contributed by atoms with Crippen molar-refractivity contribution in [3.8, 4) is 0 Å². The highest BCUT2D eigenvalue weighted by Gasteiger charge is 2.25. The van der Waals surface area contributed by atoms with Crippen LogP contribution in [0.25, 0.3) is 0 Å². The maximum atomic E-state index is 11.9. The van der Waals surface area contributed by atoms with Crippen LogP contribution in [0.1, 0.15) is 18.4 Å². The van der Waals surface area contributed by atoms with Crippen LogP contribution in [0.4, 0.5) is 24.8 Å². The van der Waals surface area contributed by atoms with Crippen molar-refractivity contribution in [3.05, 3.63) is 11.9 Å². The van der Waals surface area contributed by atoms with E-state index in [1.165, 1.54) is 6.33 Å². The van der Waals surface area contributed by atoms with E-state index in [2.05, 4.69) is 15.3 Å². The molecule has 0 aliphatic carbocycles. The minimum atomic E-state index is -4.11. The SMILES string of the molecule is Cc1c(N)ncnc1NCCCC(F)(F)F. The highest BCUT2D eigenvalue weighted by molar-refractivity contribution is 5.53. The Morgan fingerprint density at radius 1 is 1.38 bits per heavy atom. The van der Waals surface area contributed by atoms with Crippen LogP contribution in [-0.4, -0.2) is 22.7 Å². The third-order valence-corrected chi connectivity index (χ3v) is 2.05. The first kappa shape index (κ1) is 12.5. The predicted octanol–water partition coefficient (Wildman–Crippen LogP) is 2.12. The van der Waals surface area contributed by atoms with E-state index in [0.29, 0.717) is 17.2 Å². The van der Waals surface area contributed by atoms with E-state index >= 15 is 0 Å². The summed E-state index contributed by atoms with van der Waals surface area (Å²) in [4.78, 5) is 7.64. The maximum Gasteiger partial charge on any atom is 0.389 e. The molecule has 0 aromatic carbocycles. The number of nitrogens with zero attached hydrogens (tertiary/aromatic N) is 2. The minimum Gasteiger partial charge on any atom is -0.383 e. The first-order valence-electron chi connectivity index (χ1n) is 4.78. The van der Waals surface area contributed by atoms with Gasteiger partial charge in [-0.3, -0.25) is 0 Å². The summed E-state index contributed by atoms with van der Waals surface area (Å²) in [5.41, 5.74) is 6.17. The molecule has 0 atom stereocenters. The van der Waals surface area contributed by atoms with Gasteiger partial charge in [0.1, 0.15) is 18.0 Å². The van der Waals surface area contributed by atoms with E-state index in [1.54, 1.807) is 6.92 Å². The van der Waals surface area contributed by atoms with Crippen LogP contribution in [0.5, 0.6) is 0 Å². The van der Waals surface area contributed by atoms with Gasteiger partial charge >= 0.3 is 6.18 Å². The Morgan fingerprint density at radius 3 is 2.69 bits per heavy atom. The molecule has 7 heteroatoms. The number of nitrogens with one attached hydrogen (secondary N) is 1. The lowest BCUT2D eigenvalue weighted by molar-refractivity contribution is -0.134. The summed E-state index contributed by atoms with van der Waals surface area (Å²) in [5.74, 6) is 0.808. The lowest BCUT2D eigenvalue weighted by Crippen LogP contribution is -2.12. The maximum absolute atomic E-state index is 11.9. The van der Waals surface area contributed by atoms with Crippen LogP contribution >= 0.6 is 0 Å². The van der Waals surface area contributed by atoms with E-state index < -0.39 is 12.6 Å². The molecular weight excluding hydrogens is 221 g/mol. The van der Waals surface area contributed by atoms with Crippen molar-refractivity contribution in [3.63, 3.8) is 0 Å². The Kier molecular flexibility index (Phi) is 3.92. The molecule has 0 amide bonds. The van der Waals surface area contributed by atoms with Crippen molar-refractivity contribution in [1.82, 2.24) is 9.97 Å². The Hall–Kier alpha value is -1.53. The van der Waals surface area contributed by atoms with Gasteiger partial charge in [0.25, 0.3) is 0 Å². The summed E-state index contributed by atoms with van der Waals surface area (Å²) in [7, 11) is 0. The molecular formula is C9H13F3N4. The third-order valence-electron chi connectivity index (χ3n) is 2.05. The van der Waals surface area contributed by atoms with Crippen molar-refractivity contribution in [2.75, 3.05) is 17.6 Å². The lowest BCUT2D eigenvalue weighted by atomic mass is 10.3. The molecule has 0 saturated heterocycles. The van der Waals surface area contributed by atoms with Crippen LogP contribution in [0, 0.1) is 6.92 Å². The molecule has 0 fully saturated rings. The molecule has 16 heavy (non-hydrogen) atoms. The van der Waals surface area contributed by atoms with Crippen LogP contribution in [0.3, 0.4) is 0 Å². The summed E-state index contributed by atoms with van der Waals surface area (Å²) in [6, 6.07) is 0. The molecule has 0 aliphatic heterocycles. The molecule has 4 nitrogen and oxygen atoms in total. The first-order valence-corrected chi connectivity index (χ1v) is 4.78. The fourth-order valence-electron chi connectivity index (χ4n) is 1.14. The Bertz CT molecular complexity index is 351. The lowest BCUT2D eigenvalue weighted by Gasteiger charge is -2.10. The van der Waals surface area contributed by atoms with Gasteiger partial charge in [-0.1, -0.05) is 0 Å². The number of nitrogens with two attached hydrogens (primary N) is 1. The van der Waals surface area contributed by atoms with Gasteiger partial charge in [0.15, 0.2) is 0 Å². The molecule has 0 saturated carbocycles. The quantitative estimate of drug-likeness (QED) is 0.783. The number of nitrogen functional groups attached to an aromatic ring is 1. The Balaban J connectivity index is 2.41. The van der Waals surface area contributed by atoms with Crippen molar-refractivity contribution in [1.29, 1.82) is 0 Å². The number of anilines is 2. The normalized spacial score (nSPS) is 11.5. The summed E-state index contributed by atoms with van der Waals surface area (Å²) in [6.45, 7) is 1.91. The first-order chi connectivity index (χ1) is 7.40. The summed E-state index contributed by atoms with van der Waals surface area (Å²) in [5, 5.41) is 2.80. The van der Waals surface area contributed by atoms with Crippen LogP contribution in [0.15, 0.2) is 6.33 Å². The molecule has 0 spiro atoms. The molecule has 1 aromatic heterocycles. The molecule has 3 N–H and O–H groups in total. The Labute approximate surface area is 91.1 Å². The van der Waals surface area contributed by atoms with Gasteiger partial charge in [0.2, 0.25) is 0 Å². The van der Waals surface area contributed by atoms with Gasteiger partial charge in [-0.25, -0.2) is 9.97 Å². The van der Waals surface area contributed by atoms with Gasteiger partial charge in [-0.05, 0) is 13.3 Å². The number of hydrogen-bond acceptors (Lipinski definition) is 4. The zero-order chi connectivity index (χ0) is 12.2. The van der Waals surface area contributed by atoms with Crippen molar-refractivity contribution < 1.29 is 13.2 Å². The number of hydrogen-bond donors (Lipinski definition) is 2. The molecule has 0 radical (unpaired) electrons. The highest BCUT2D eigenvalue weighted by atomic mass is 19.4. The number of alkyl halides is 3. The minimum absolute atomic E-state index is 0.00679. The second kappa shape index (κ2) is 5.00. The van der Waals surface area contributed by atoms with Crippen molar-refractivity contribution in [2.45, 2.75) is 25.9 Å². The smallest absolute Gasteiger partial charge is 0.383 e. The zero-order valence-electron chi connectivity index (χ0n) is 8.80. The molecule has 90 valence electrons. The van der Waals surface area contributed by atoms with Crippen LogP contribution < -0.4 is 11.1 Å². The van der Waals surface area contributed by atoms with E-state index in [9.17, 15) is 13.2 Å². The average Bonchev–Trinajstić information content (AvgIpc) is 2.17. The second-order valence-corrected chi connectivity index (χ2v) is 3.38. The summed E-state index contributed by atoms with van der Waals surface area (Å²) in [6.07, 6.45) is -3.64. The van der Waals surface area contributed by atoms with E-state index in [1.807, 2.05) is 0 Å². The van der Waals surface area contributed by atoms with Gasteiger partial charge in [0, 0.05) is 18.5 Å². The monoisotopic (exact) mass is 234 g/mol. The molecule has 0 unspecified atom stereocenters. The fourth-order valence-corrected chi connectivity index (χ4v) is 1.14. The fraction of sp³-hybridized carbons (Fsp3) is 0.556. The van der Waals surface area contributed by atoms with Crippen molar-refractivity contribution >= 4 is 11.6 Å². The van der Waals surface area contributed by atoms with Crippen LogP contribution in [0.2, 0.25) is 0 Å². The second-order valence-electron chi connectivity index (χ2n) is 3.38. The van der Waals surface area contributed by atoms with E-state index in [0.717, 1.165) is 0 Å². The molecule has 1 rings (SSSR count). The number of halogens is 3. The van der Waals surface area contributed by atoms with Gasteiger partial charge in [0.05, 0.1) is 0 Å². The standard InChI is InChI=1S/C9H13F3N4/c1-6-7(13)15-5-16-8(6)14-4-2-3-9(10,11)12/h5H,2-4H2,1H3,(H3,13,14,15,16). The summed E-state index contributed by atoms with van der Waals surface area (Å²) < 4.78 is 35.6. The largest absolute Gasteiger partial charge is 0.389 e. The average molecular weight is 234 g/mol. The van der Waals surface area contributed by atoms with Crippen molar-refractivity contribution in [2.24, 2.45) is 0 Å². The third kappa shape index (κ3) is 3.92. The zero-order valence-corrected chi connectivity index (χ0v) is 8.80. The Morgan fingerprint density at radius 2 is 2.06 bits per heavy atom. The van der Waals surface area contributed by atoms with Gasteiger partial charge < -0.3 is 11.1 Å². The van der Waals surface area contributed by atoms with E-state index in [4.69, 9.17) is 5.73 Å². The van der Waals surface area contributed by atoms with Gasteiger partial charge in [-0.15, -0.1) is 0 Å². The number of rotatable bonds is 4. The highest BCUT2D eigenvalue weighted by Crippen LogP contribution is 2.21. The van der Waals surface area contributed by atoms with Gasteiger partial charge in [-0.2, -0.15) is 13.2 Å². The molecule has 0 bridgehead atoms. The van der Waals surface area contributed by atoms with E-state index in [-0.39, 0.29) is 13.0 Å². The molecule has 1 heterocycles. The molecule has 1 aromatic rings. The number of aromatic nitrogens is 2. The molecule has 0 aliphatic rings. The van der Waals surface area contributed by atoms with Crippen LogP contribution in [-0.2, 0) is 0 Å². The predicted molar refractivity (Wildman–Crippen MR) is 55.0 cm³/mol. The summed E-state index contributed by atoms with van der Waals surface area (Å²) >= 11 is 0.